The summed E-state index contributed by atoms with van der Waals surface area (Å²) in [6.45, 7) is 16.1. The Kier molecular flexibility index (Phi) is 18.5. The molecule has 1 aromatic rings. The van der Waals surface area contributed by atoms with Gasteiger partial charge in [-0.15, -0.1) is 0 Å². The van der Waals surface area contributed by atoms with Crippen molar-refractivity contribution in [3.05, 3.63) is 35.9 Å². The van der Waals surface area contributed by atoms with Gasteiger partial charge in [-0.3, -0.25) is 24.2 Å². The van der Waals surface area contributed by atoms with E-state index in [0.717, 1.165) is 24.8 Å². The van der Waals surface area contributed by atoms with Gasteiger partial charge in [0, 0.05) is 33.2 Å². The number of likely N-dealkylation sites (tertiary alicyclic amines) is 1. The molecule has 0 aliphatic carbocycles. The molecule has 1 aromatic carbocycles. The number of likely N-dealkylation sites (N-methyl/N-ethyl adjacent to an activating group) is 1. The molecular weight excluding hydrogens is 650 g/mol. The minimum absolute atomic E-state index is 0.0119. The molecule has 1 unspecified atom stereocenters. The van der Waals surface area contributed by atoms with Crippen molar-refractivity contribution < 1.29 is 34.1 Å². The first-order valence-electron chi connectivity index (χ1n) is 18.8. The van der Waals surface area contributed by atoms with Gasteiger partial charge in [-0.25, -0.2) is 0 Å². The van der Waals surface area contributed by atoms with Gasteiger partial charge in [-0.2, -0.15) is 0 Å². The van der Waals surface area contributed by atoms with Crippen LogP contribution in [0.25, 0.3) is 0 Å². The van der Waals surface area contributed by atoms with Gasteiger partial charge in [-0.1, -0.05) is 85.2 Å². The number of aliphatic hydroxyl groups excluding tert-OH is 2. The smallest absolute Gasteiger partial charge is 0.243 e. The minimum atomic E-state index is -0.926. The summed E-state index contributed by atoms with van der Waals surface area (Å²) in [4.78, 5) is 44.4. The van der Waals surface area contributed by atoms with Crippen LogP contribution in [0.2, 0.25) is 0 Å². The lowest BCUT2D eigenvalue weighted by atomic mass is 9.90. The fourth-order valence-electron chi connectivity index (χ4n) is 7.50. The molecular formula is C39H69N5O7. The maximum absolute atomic E-state index is 13.9. The number of carbonyl (C=O) groups excluding carboxylic acids is 3. The van der Waals surface area contributed by atoms with Crippen LogP contribution in [-0.4, -0.2) is 121 Å². The van der Waals surface area contributed by atoms with Crippen LogP contribution in [0.5, 0.6) is 0 Å². The summed E-state index contributed by atoms with van der Waals surface area (Å²) in [7, 11) is 6.88. The molecule has 1 saturated heterocycles. The maximum atomic E-state index is 13.9. The highest BCUT2D eigenvalue weighted by Gasteiger charge is 2.42. The van der Waals surface area contributed by atoms with Gasteiger partial charge in [0.05, 0.1) is 42.4 Å². The summed E-state index contributed by atoms with van der Waals surface area (Å²) in [5.41, 5.74) is 0.722. The van der Waals surface area contributed by atoms with Crippen LogP contribution in [0.1, 0.15) is 92.7 Å². The van der Waals surface area contributed by atoms with Crippen LogP contribution in [0, 0.1) is 23.7 Å². The highest BCUT2D eigenvalue weighted by molar-refractivity contribution is 5.90. The van der Waals surface area contributed by atoms with E-state index in [1.165, 1.54) is 0 Å². The average Bonchev–Trinajstić information content (AvgIpc) is 3.57. The maximum Gasteiger partial charge on any atom is 0.243 e. The van der Waals surface area contributed by atoms with Crippen LogP contribution in [0.15, 0.2) is 30.3 Å². The third kappa shape index (κ3) is 12.2. The molecule has 0 bridgehead atoms. The summed E-state index contributed by atoms with van der Waals surface area (Å²) in [5, 5.41) is 31.7. The van der Waals surface area contributed by atoms with E-state index in [2.05, 4.69) is 16.0 Å². The molecule has 2 rings (SSSR count). The SMILES string of the molecule is CC[C@H](C)[C@H](NC(=O)[C@@H](NC(=O)[C@H](C(C)C)N(C)C)C(C)C)[C@@H](CC(O)N1CCC[C@H]1[C@H](OC)[C@@H](C)C(=O)N[C@H](C)[C@@H](O)c1ccccc1)OC. The van der Waals surface area contributed by atoms with Crippen molar-refractivity contribution in [2.75, 3.05) is 34.9 Å². The fraction of sp³-hybridized carbons (Fsp3) is 0.769. The van der Waals surface area contributed by atoms with E-state index in [1.807, 2.05) is 103 Å². The van der Waals surface area contributed by atoms with Gasteiger partial charge < -0.3 is 35.6 Å². The van der Waals surface area contributed by atoms with E-state index in [0.29, 0.717) is 6.54 Å². The number of ether oxygens (including phenoxy) is 2. The van der Waals surface area contributed by atoms with Crippen LogP contribution in [-0.2, 0) is 23.9 Å². The first kappa shape index (κ1) is 44.6. The van der Waals surface area contributed by atoms with Gasteiger partial charge in [0.15, 0.2) is 0 Å². The highest BCUT2D eigenvalue weighted by atomic mass is 16.5. The number of amides is 3. The van der Waals surface area contributed by atoms with Crippen LogP contribution < -0.4 is 16.0 Å². The van der Waals surface area contributed by atoms with Crippen molar-refractivity contribution >= 4 is 17.7 Å². The summed E-state index contributed by atoms with van der Waals surface area (Å²) in [6, 6.07) is 6.90. The molecule has 11 atom stereocenters. The number of nitrogens with one attached hydrogen (secondary N) is 3. The molecule has 1 aliphatic rings. The van der Waals surface area contributed by atoms with Gasteiger partial charge in [0.2, 0.25) is 17.7 Å². The summed E-state index contributed by atoms with van der Waals surface area (Å²) in [6.07, 6.45) is -0.296. The Hall–Kier alpha value is -2.61. The Bertz CT molecular complexity index is 1190. The Morgan fingerprint density at radius 2 is 1.51 bits per heavy atom. The molecule has 51 heavy (non-hydrogen) atoms. The Labute approximate surface area is 307 Å². The number of benzene rings is 1. The lowest BCUT2D eigenvalue weighted by molar-refractivity contribution is -0.137. The first-order chi connectivity index (χ1) is 24.0. The van der Waals surface area contributed by atoms with Crippen LogP contribution in [0.4, 0.5) is 0 Å². The largest absolute Gasteiger partial charge is 0.386 e. The van der Waals surface area contributed by atoms with Gasteiger partial charge >= 0.3 is 0 Å². The zero-order chi connectivity index (χ0) is 38.6. The highest BCUT2D eigenvalue weighted by Crippen LogP contribution is 2.30. The third-order valence-corrected chi connectivity index (χ3v) is 10.7. The van der Waals surface area contributed by atoms with Gasteiger partial charge in [0.1, 0.15) is 12.3 Å². The third-order valence-electron chi connectivity index (χ3n) is 10.7. The molecule has 3 amide bonds. The molecule has 0 radical (unpaired) electrons. The van der Waals surface area contributed by atoms with Crippen molar-refractivity contribution in [1.29, 1.82) is 0 Å². The number of hydrogen-bond acceptors (Lipinski definition) is 9. The minimum Gasteiger partial charge on any atom is -0.386 e. The van der Waals surface area contributed by atoms with Crippen molar-refractivity contribution in [2.45, 2.75) is 136 Å². The van der Waals surface area contributed by atoms with E-state index >= 15 is 0 Å². The molecule has 12 heteroatoms. The lowest BCUT2D eigenvalue weighted by Gasteiger charge is -2.39. The number of hydrogen-bond donors (Lipinski definition) is 5. The first-order valence-corrected chi connectivity index (χ1v) is 18.8. The molecule has 12 nitrogen and oxygen atoms in total. The van der Waals surface area contributed by atoms with E-state index in [9.17, 15) is 24.6 Å². The van der Waals surface area contributed by atoms with Crippen molar-refractivity contribution in [2.24, 2.45) is 23.7 Å². The van der Waals surface area contributed by atoms with Crippen molar-refractivity contribution in [3.8, 4) is 0 Å². The Morgan fingerprint density at radius 3 is 2.02 bits per heavy atom. The summed E-state index contributed by atoms with van der Waals surface area (Å²) >= 11 is 0. The predicted molar refractivity (Wildman–Crippen MR) is 201 cm³/mol. The van der Waals surface area contributed by atoms with Crippen LogP contribution in [0.3, 0.4) is 0 Å². The molecule has 0 aromatic heterocycles. The Balaban J connectivity index is 2.19. The number of methoxy groups -OCH3 is 2. The van der Waals surface area contributed by atoms with Crippen molar-refractivity contribution in [3.63, 3.8) is 0 Å². The molecule has 1 fully saturated rings. The molecule has 5 N–H and O–H groups in total. The van der Waals surface area contributed by atoms with E-state index in [4.69, 9.17) is 9.47 Å². The van der Waals surface area contributed by atoms with E-state index < -0.39 is 48.6 Å². The normalized spacial score (nSPS) is 21.3. The second-order valence-corrected chi connectivity index (χ2v) is 15.4. The summed E-state index contributed by atoms with van der Waals surface area (Å²) in [5.74, 6) is -1.37. The quantitative estimate of drug-likeness (QED) is 0.129. The standard InChI is InChI=1S/C39H69N5O7/c1-13-25(6)33(42-38(48)32(23(2)3)41-39(49)34(24(4)5)43(9)10)30(50-11)22-31(45)44-21-17-20-29(44)36(51-12)26(7)37(47)40-27(8)35(46)28-18-15-14-16-19-28/h14-16,18-19,23-27,29-36,45-46H,13,17,20-22H2,1-12H3,(H,40,47)(H,41,49)(H,42,48)/t25-,26+,27+,29-,30+,31?,32-,33-,34-,35+,36+/m0/s1. The number of carbonyl (C=O) groups is 3. The monoisotopic (exact) mass is 720 g/mol. The second kappa shape index (κ2) is 21.2. The molecule has 1 aliphatic heterocycles. The summed E-state index contributed by atoms with van der Waals surface area (Å²) < 4.78 is 11.9. The number of nitrogens with zero attached hydrogens (tertiary/aromatic N) is 2. The van der Waals surface area contributed by atoms with Gasteiger partial charge in [-0.05, 0) is 57.2 Å². The molecule has 0 spiro atoms. The Morgan fingerprint density at radius 1 is 0.882 bits per heavy atom. The van der Waals surface area contributed by atoms with Crippen molar-refractivity contribution in [1.82, 2.24) is 25.8 Å². The fourth-order valence-corrected chi connectivity index (χ4v) is 7.50. The zero-order valence-corrected chi connectivity index (χ0v) is 33.3. The lowest BCUT2D eigenvalue weighted by Crippen LogP contribution is -2.59. The molecule has 0 saturated carbocycles. The van der Waals surface area contributed by atoms with E-state index in [1.54, 1.807) is 21.1 Å². The van der Waals surface area contributed by atoms with Crippen LogP contribution >= 0.6 is 0 Å². The zero-order valence-electron chi connectivity index (χ0n) is 33.3. The van der Waals surface area contributed by atoms with E-state index in [-0.39, 0.29) is 54.0 Å². The average molecular weight is 720 g/mol. The number of rotatable bonds is 21. The topological polar surface area (TPSA) is 153 Å². The van der Waals surface area contributed by atoms with Gasteiger partial charge in [0.25, 0.3) is 0 Å². The molecule has 292 valence electrons. The second-order valence-electron chi connectivity index (χ2n) is 15.4. The number of aliphatic hydroxyl groups is 2. The molecule has 1 heterocycles. The predicted octanol–water partition coefficient (Wildman–Crippen LogP) is 3.32.